The molecule has 2 aromatic carbocycles. The van der Waals surface area contributed by atoms with Gasteiger partial charge in [0.1, 0.15) is 0 Å². The molecule has 1 fully saturated rings. The highest BCUT2D eigenvalue weighted by Gasteiger charge is 2.25. The van der Waals surface area contributed by atoms with Gasteiger partial charge in [-0.05, 0) is 47.6 Å². The predicted molar refractivity (Wildman–Crippen MR) is 82.3 cm³/mol. The van der Waals surface area contributed by atoms with Gasteiger partial charge < -0.3 is 0 Å². The Bertz CT molecular complexity index is 667. The number of hydrogen-bond donors (Lipinski definition) is 0. The van der Waals surface area contributed by atoms with Crippen LogP contribution in [0.1, 0.15) is 53.6 Å². The van der Waals surface area contributed by atoms with Gasteiger partial charge in [0.15, 0.2) is 5.78 Å². The minimum Gasteiger partial charge on any atom is -0.294 e. The molecule has 0 aromatic heterocycles. The van der Waals surface area contributed by atoms with Crippen LogP contribution in [0.25, 0.3) is 10.8 Å². The van der Waals surface area contributed by atoms with Crippen LogP contribution < -0.4 is 0 Å². The molecule has 20 heavy (non-hydrogen) atoms. The van der Waals surface area contributed by atoms with Crippen molar-refractivity contribution in [1.29, 1.82) is 0 Å². The molecule has 4 rings (SSSR count). The summed E-state index contributed by atoms with van der Waals surface area (Å²) in [5, 5.41) is 2.57. The molecule has 0 saturated heterocycles. The Morgan fingerprint density at radius 3 is 2.45 bits per heavy atom. The zero-order chi connectivity index (χ0) is 13.5. The number of carbonyl (C=O) groups is 1. The van der Waals surface area contributed by atoms with Crippen LogP contribution in [0.4, 0.5) is 0 Å². The Kier molecular flexibility index (Phi) is 2.87. The molecule has 2 aliphatic carbocycles. The lowest BCUT2D eigenvalue weighted by molar-refractivity contribution is 0.0891. The second kappa shape index (κ2) is 4.73. The lowest BCUT2D eigenvalue weighted by Gasteiger charge is -2.21. The first kappa shape index (κ1) is 12.1. The third-order valence-corrected chi connectivity index (χ3v) is 5.12. The Hall–Kier alpha value is -1.63. The first-order valence-corrected chi connectivity index (χ1v) is 7.92. The van der Waals surface area contributed by atoms with Crippen LogP contribution >= 0.6 is 0 Å². The maximum Gasteiger partial charge on any atom is 0.166 e. The van der Waals surface area contributed by atoms with E-state index in [4.69, 9.17) is 0 Å². The van der Waals surface area contributed by atoms with Gasteiger partial charge in [0.2, 0.25) is 0 Å². The van der Waals surface area contributed by atoms with E-state index < -0.39 is 0 Å². The first-order chi connectivity index (χ1) is 9.84. The van der Waals surface area contributed by atoms with Crippen molar-refractivity contribution in [1.82, 2.24) is 0 Å². The SMILES string of the molecule is O=C(c1ccc2c3c(cccc13)CC2)C1CCCCC1. The van der Waals surface area contributed by atoms with Gasteiger partial charge in [-0.3, -0.25) is 4.79 Å². The highest BCUT2D eigenvalue weighted by molar-refractivity contribution is 6.11. The van der Waals surface area contributed by atoms with Crippen LogP contribution in [0.3, 0.4) is 0 Å². The predicted octanol–water partition coefficient (Wildman–Crippen LogP) is 4.70. The van der Waals surface area contributed by atoms with E-state index >= 15 is 0 Å². The summed E-state index contributed by atoms with van der Waals surface area (Å²) in [5.74, 6) is 0.655. The summed E-state index contributed by atoms with van der Waals surface area (Å²) in [6.07, 6.45) is 8.17. The molecule has 0 unspecified atom stereocenters. The third kappa shape index (κ3) is 1.80. The van der Waals surface area contributed by atoms with Crippen LogP contribution in [0.5, 0.6) is 0 Å². The quantitative estimate of drug-likeness (QED) is 0.718. The minimum atomic E-state index is 0.266. The zero-order valence-electron chi connectivity index (χ0n) is 11.8. The van der Waals surface area contributed by atoms with E-state index in [0.717, 1.165) is 31.2 Å². The lowest BCUT2D eigenvalue weighted by Crippen LogP contribution is -2.18. The molecule has 2 aromatic rings. The molecule has 0 heterocycles. The summed E-state index contributed by atoms with van der Waals surface area (Å²) in [5.41, 5.74) is 3.82. The van der Waals surface area contributed by atoms with Crippen molar-refractivity contribution in [3.8, 4) is 0 Å². The molecule has 1 nitrogen and oxygen atoms in total. The molecule has 0 radical (unpaired) electrons. The summed E-state index contributed by atoms with van der Waals surface area (Å²) in [7, 11) is 0. The summed E-state index contributed by atoms with van der Waals surface area (Å²) in [6.45, 7) is 0. The fourth-order valence-electron chi connectivity index (χ4n) is 4.05. The van der Waals surface area contributed by atoms with Crippen molar-refractivity contribution < 1.29 is 4.79 Å². The van der Waals surface area contributed by atoms with E-state index in [0.29, 0.717) is 5.78 Å². The van der Waals surface area contributed by atoms with E-state index in [-0.39, 0.29) is 5.92 Å². The van der Waals surface area contributed by atoms with Crippen molar-refractivity contribution in [2.75, 3.05) is 0 Å². The van der Waals surface area contributed by atoms with Crippen molar-refractivity contribution >= 4 is 16.6 Å². The van der Waals surface area contributed by atoms with Gasteiger partial charge in [-0.1, -0.05) is 49.6 Å². The summed E-state index contributed by atoms with van der Waals surface area (Å²) in [6, 6.07) is 10.8. The molecule has 0 amide bonds. The number of hydrogen-bond acceptors (Lipinski definition) is 1. The number of carbonyl (C=O) groups excluding carboxylic acids is 1. The van der Waals surface area contributed by atoms with Crippen LogP contribution in [0.15, 0.2) is 30.3 Å². The van der Waals surface area contributed by atoms with Crippen molar-refractivity contribution in [3.63, 3.8) is 0 Å². The molecule has 1 heteroatoms. The van der Waals surface area contributed by atoms with Crippen LogP contribution in [0, 0.1) is 5.92 Å². The Balaban J connectivity index is 1.82. The number of ketones is 1. The smallest absolute Gasteiger partial charge is 0.166 e. The molecule has 102 valence electrons. The fourth-order valence-corrected chi connectivity index (χ4v) is 4.05. The largest absolute Gasteiger partial charge is 0.294 e. The molecule has 0 bridgehead atoms. The van der Waals surface area contributed by atoms with E-state index in [9.17, 15) is 4.79 Å². The van der Waals surface area contributed by atoms with Gasteiger partial charge in [-0.15, -0.1) is 0 Å². The summed E-state index contributed by atoms with van der Waals surface area (Å²) < 4.78 is 0. The number of aryl methyl sites for hydroxylation is 2. The van der Waals surface area contributed by atoms with Gasteiger partial charge in [0.25, 0.3) is 0 Å². The summed E-state index contributed by atoms with van der Waals surface area (Å²) in [4.78, 5) is 12.9. The molecular formula is C19H20O. The molecule has 2 aliphatic rings. The third-order valence-electron chi connectivity index (χ3n) is 5.12. The fraction of sp³-hybridized carbons (Fsp3) is 0.421. The van der Waals surface area contributed by atoms with Crippen LogP contribution in [0.2, 0.25) is 0 Å². The standard InChI is InChI=1S/C19H20O/c20-19(15-5-2-1-3-6-15)17-12-11-14-10-9-13-7-4-8-16(17)18(13)14/h4,7-8,11-12,15H,1-3,5-6,9-10H2. The van der Waals surface area contributed by atoms with Crippen molar-refractivity contribution in [3.05, 3.63) is 47.0 Å². The highest BCUT2D eigenvalue weighted by atomic mass is 16.1. The van der Waals surface area contributed by atoms with Gasteiger partial charge in [0, 0.05) is 11.5 Å². The maximum absolute atomic E-state index is 12.9. The van der Waals surface area contributed by atoms with Gasteiger partial charge in [-0.2, -0.15) is 0 Å². The topological polar surface area (TPSA) is 17.1 Å². The van der Waals surface area contributed by atoms with Gasteiger partial charge in [-0.25, -0.2) is 0 Å². The second-order valence-electron chi connectivity index (χ2n) is 6.31. The van der Waals surface area contributed by atoms with Gasteiger partial charge >= 0.3 is 0 Å². The summed E-state index contributed by atoms with van der Waals surface area (Å²) >= 11 is 0. The molecule has 0 spiro atoms. The van der Waals surface area contributed by atoms with E-state index in [1.165, 1.54) is 41.2 Å². The lowest BCUT2D eigenvalue weighted by atomic mass is 9.82. The Labute approximate surface area is 120 Å². The molecule has 0 N–H and O–H groups in total. The Morgan fingerprint density at radius 2 is 1.65 bits per heavy atom. The molecule has 1 saturated carbocycles. The molecule has 0 atom stereocenters. The molecular weight excluding hydrogens is 244 g/mol. The Morgan fingerprint density at radius 1 is 0.900 bits per heavy atom. The minimum absolute atomic E-state index is 0.266. The van der Waals surface area contributed by atoms with E-state index in [2.05, 4.69) is 30.3 Å². The zero-order valence-corrected chi connectivity index (χ0v) is 11.8. The highest BCUT2D eigenvalue weighted by Crippen LogP contribution is 2.35. The van der Waals surface area contributed by atoms with Crippen molar-refractivity contribution in [2.45, 2.75) is 44.9 Å². The number of benzene rings is 2. The number of Topliss-reactive ketones (excluding diaryl/α,β-unsaturated/α-hetero) is 1. The normalized spacial score (nSPS) is 18.6. The average Bonchev–Trinajstić information content (AvgIpc) is 2.93. The monoisotopic (exact) mass is 264 g/mol. The van der Waals surface area contributed by atoms with E-state index in [1.54, 1.807) is 0 Å². The van der Waals surface area contributed by atoms with Gasteiger partial charge in [0.05, 0.1) is 0 Å². The van der Waals surface area contributed by atoms with Crippen LogP contribution in [-0.4, -0.2) is 5.78 Å². The molecule has 0 aliphatic heterocycles. The van der Waals surface area contributed by atoms with E-state index in [1.807, 2.05) is 0 Å². The maximum atomic E-state index is 12.9. The average molecular weight is 264 g/mol. The first-order valence-electron chi connectivity index (χ1n) is 7.92. The number of rotatable bonds is 2. The van der Waals surface area contributed by atoms with Crippen LogP contribution in [-0.2, 0) is 12.8 Å². The van der Waals surface area contributed by atoms with Crippen molar-refractivity contribution in [2.24, 2.45) is 5.92 Å². The second-order valence-corrected chi connectivity index (χ2v) is 6.31.